The fraction of sp³-hybridized carbons (Fsp3) is 0.600. The summed E-state index contributed by atoms with van der Waals surface area (Å²) in [5.41, 5.74) is 1.11. The lowest BCUT2D eigenvalue weighted by atomic mass is 9.94. The lowest BCUT2D eigenvalue weighted by Crippen LogP contribution is -2.41. The van der Waals surface area contributed by atoms with Crippen LogP contribution in [0.4, 0.5) is 0 Å². The van der Waals surface area contributed by atoms with E-state index in [4.69, 9.17) is 0 Å². The Morgan fingerprint density at radius 3 is 2.52 bits per heavy atom. The van der Waals surface area contributed by atoms with Gasteiger partial charge in [-0.25, -0.2) is 8.42 Å². The summed E-state index contributed by atoms with van der Waals surface area (Å²) in [6.07, 6.45) is 5.56. The van der Waals surface area contributed by atoms with Crippen molar-refractivity contribution in [2.45, 2.75) is 55.6 Å². The Hall–Kier alpha value is -0.430. The van der Waals surface area contributed by atoms with E-state index in [1.165, 1.54) is 17.1 Å². The number of rotatable bonds is 6. The Kier molecular flexibility index (Phi) is 4.41. The van der Waals surface area contributed by atoms with Gasteiger partial charge in [-0.1, -0.05) is 12.5 Å². The lowest BCUT2D eigenvalue weighted by molar-refractivity contribution is 0.249. The van der Waals surface area contributed by atoms with Crippen molar-refractivity contribution in [3.05, 3.63) is 28.2 Å². The number of hydrogen-bond acceptors (Lipinski definition) is 3. The van der Waals surface area contributed by atoms with Gasteiger partial charge in [0.05, 0.1) is 4.90 Å². The zero-order valence-corrected chi connectivity index (χ0v) is 14.6. The number of sulfonamides is 1. The van der Waals surface area contributed by atoms with Crippen LogP contribution in [0.25, 0.3) is 0 Å². The van der Waals surface area contributed by atoms with Crippen molar-refractivity contribution in [3.63, 3.8) is 0 Å². The highest BCUT2D eigenvalue weighted by molar-refractivity contribution is 9.10. The van der Waals surface area contributed by atoms with Crippen LogP contribution < -0.4 is 5.32 Å². The van der Waals surface area contributed by atoms with Gasteiger partial charge in [0, 0.05) is 30.1 Å². The smallest absolute Gasteiger partial charge is 0.244 e. The third-order valence-corrected chi connectivity index (χ3v) is 7.30. The Morgan fingerprint density at radius 2 is 2.00 bits per heavy atom. The van der Waals surface area contributed by atoms with Crippen LogP contribution >= 0.6 is 15.9 Å². The van der Waals surface area contributed by atoms with E-state index >= 15 is 0 Å². The highest BCUT2D eigenvalue weighted by Gasteiger charge is 2.32. The predicted molar refractivity (Wildman–Crippen MR) is 86.6 cm³/mol. The normalized spacial score (nSPS) is 19.8. The first-order valence-electron chi connectivity index (χ1n) is 7.48. The van der Waals surface area contributed by atoms with Gasteiger partial charge in [0.1, 0.15) is 0 Å². The fourth-order valence-corrected chi connectivity index (χ4v) is 5.01. The summed E-state index contributed by atoms with van der Waals surface area (Å²) in [5.74, 6) is 0. The quantitative estimate of drug-likeness (QED) is 0.834. The van der Waals surface area contributed by atoms with E-state index in [1.807, 2.05) is 12.1 Å². The Bertz CT molecular complexity index is 625. The zero-order chi connectivity index (χ0) is 15.0. The van der Waals surface area contributed by atoms with E-state index < -0.39 is 10.0 Å². The van der Waals surface area contributed by atoms with Crippen molar-refractivity contribution in [1.29, 1.82) is 0 Å². The Balaban J connectivity index is 1.77. The van der Waals surface area contributed by atoms with Crippen LogP contribution in [0.1, 0.15) is 37.7 Å². The molecule has 0 atom stereocenters. The Labute approximate surface area is 135 Å². The first kappa shape index (κ1) is 15.5. The lowest BCUT2D eigenvalue weighted by Gasteiger charge is -2.34. The monoisotopic (exact) mass is 372 g/mol. The molecule has 0 aromatic heterocycles. The maximum absolute atomic E-state index is 12.7. The summed E-state index contributed by atoms with van der Waals surface area (Å²) in [6.45, 7) is 0.794. The van der Waals surface area contributed by atoms with E-state index in [0.717, 1.165) is 31.4 Å². The summed E-state index contributed by atoms with van der Waals surface area (Å²) in [5, 5.41) is 3.44. The molecule has 0 radical (unpaired) electrons. The SMILES string of the molecule is CN(C1CCC1)S(=O)(=O)c1ccc(CNC2CC2)cc1Br. The maximum Gasteiger partial charge on any atom is 0.244 e. The summed E-state index contributed by atoms with van der Waals surface area (Å²) >= 11 is 3.43. The third-order valence-electron chi connectivity index (χ3n) is 4.41. The molecule has 2 fully saturated rings. The van der Waals surface area contributed by atoms with E-state index in [9.17, 15) is 8.42 Å². The zero-order valence-electron chi connectivity index (χ0n) is 12.2. The van der Waals surface area contributed by atoms with Crippen LogP contribution in [0.3, 0.4) is 0 Å². The molecule has 116 valence electrons. The number of benzene rings is 1. The fourth-order valence-electron chi connectivity index (χ4n) is 2.51. The van der Waals surface area contributed by atoms with Crippen LogP contribution in [0.2, 0.25) is 0 Å². The minimum atomic E-state index is -3.40. The van der Waals surface area contributed by atoms with Gasteiger partial charge < -0.3 is 5.32 Å². The highest BCUT2D eigenvalue weighted by atomic mass is 79.9. The molecule has 0 saturated heterocycles. The topological polar surface area (TPSA) is 49.4 Å². The van der Waals surface area contributed by atoms with Crippen LogP contribution in [0, 0.1) is 0 Å². The molecule has 2 aliphatic rings. The molecule has 4 nitrogen and oxygen atoms in total. The van der Waals surface area contributed by atoms with Crippen LogP contribution in [-0.4, -0.2) is 31.9 Å². The summed E-state index contributed by atoms with van der Waals surface area (Å²) in [4.78, 5) is 0.368. The van der Waals surface area contributed by atoms with Gasteiger partial charge >= 0.3 is 0 Å². The minimum absolute atomic E-state index is 0.165. The minimum Gasteiger partial charge on any atom is -0.310 e. The molecule has 0 amide bonds. The number of hydrogen-bond donors (Lipinski definition) is 1. The highest BCUT2D eigenvalue weighted by Crippen LogP contribution is 2.32. The molecule has 6 heteroatoms. The van der Waals surface area contributed by atoms with Crippen LogP contribution in [-0.2, 0) is 16.6 Å². The molecule has 21 heavy (non-hydrogen) atoms. The van der Waals surface area contributed by atoms with Crippen molar-refractivity contribution in [2.75, 3.05) is 7.05 Å². The first-order valence-corrected chi connectivity index (χ1v) is 9.71. The molecule has 1 aromatic rings. The molecule has 0 spiro atoms. The first-order chi connectivity index (χ1) is 9.98. The molecule has 2 aliphatic carbocycles. The van der Waals surface area contributed by atoms with Crippen molar-refractivity contribution < 1.29 is 8.42 Å². The second-order valence-electron chi connectivity index (χ2n) is 6.03. The number of halogens is 1. The van der Waals surface area contributed by atoms with Gasteiger partial charge in [-0.2, -0.15) is 4.31 Å². The van der Waals surface area contributed by atoms with E-state index in [-0.39, 0.29) is 6.04 Å². The molecular formula is C15H21BrN2O2S. The predicted octanol–water partition coefficient (Wildman–Crippen LogP) is 2.87. The molecule has 0 aliphatic heterocycles. The molecule has 0 heterocycles. The van der Waals surface area contributed by atoms with Gasteiger partial charge in [-0.15, -0.1) is 0 Å². The van der Waals surface area contributed by atoms with Gasteiger partial charge in [-0.3, -0.25) is 0 Å². The van der Waals surface area contributed by atoms with Crippen molar-refractivity contribution in [2.24, 2.45) is 0 Å². The standard InChI is InChI=1S/C15H21BrN2O2S/c1-18(13-3-2-4-13)21(19,20)15-8-5-11(9-14(15)16)10-17-12-6-7-12/h5,8-9,12-13,17H,2-4,6-7,10H2,1H3. The van der Waals surface area contributed by atoms with E-state index in [2.05, 4.69) is 21.2 Å². The van der Waals surface area contributed by atoms with Crippen molar-refractivity contribution in [3.8, 4) is 0 Å². The second-order valence-corrected chi connectivity index (χ2v) is 8.85. The second kappa shape index (κ2) is 5.99. The van der Waals surface area contributed by atoms with Gasteiger partial charge in [0.25, 0.3) is 0 Å². The largest absolute Gasteiger partial charge is 0.310 e. The number of nitrogens with zero attached hydrogens (tertiary/aromatic N) is 1. The molecule has 0 bridgehead atoms. The molecule has 2 saturated carbocycles. The van der Waals surface area contributed by atoms with Crippen LogP contribution in [0.15, 0.2) is 27.6 Å². The summed E-state index contributed by atoms with van der Waals surface area (Å²) in [7, 11) is -1.71. The summed E-state index contributed by atoms with van der Waals surface area (Å²) < 4.78 is 27.5. The molecule has 3 rings (SSSR count). The van der Waals surface area contributed by atoms with E-state index in [1.54, 1.807) is 13.1 Å². The summed E-state index contributed by atoms with van der Waals surface area (Å²) in [6, 6.07) is 6.35. The third kappa shape index (κ3) is 3.33. The molecular weight excluding hydrogens is 352 g/mol. The number of nitrogens with one attached hydrogen (secondary N) is 1. The van der Waals surface area contributed by atoms with Gasteiger partial charge in [-0.05, 0) is 59.3 Å². The maximum atomic E-state index is 12.7. The van der Waals surface area contributed by atoms with Crippen LogP contribution in [0.5, 0.6) is 0 Å². The molecule has 1 N–H and O–H groups in total. The average molecular weight is 373 g/mol. The molecule has 0 unspecified atom stereocenters. The van der Waals surface area contributed by atoms with Gasteiger partial charge in [0.15, 0.2) is 0 Å². The van der Waals surface area contributed by atoms with E-state index in [0.29, 0.717) is 15.4 Å². The average Bonchev–Trinajstić information content (AvgIpc) is 3.18. The Morgan fingerprint density at radius 1 is 1.29 bits per heavy atom. The van der Waals surface area contributed by atoms with Crippen molar-refractivity contribution >= 4 is 26.0 Å². The van der Waals surface area contributed by atoms with Crippen molar-refractivity contribution in [1.82, 2.24) is 9.62 Å². The van der Waals surface area contributed by atoms with Gasteiger partial charge in [0.2, 0.25) is 10.0 Å². The molecule has 1 aromatic carbocycles.